The molecule has 1 saturated heterocycles. The van der Waals surface area contributed by atoms with E-state index in [9.17, 15) is 13.2 Å². The molecule has 0 saturated carbocycles. The van der Waals surface area contributed by atoms with Crippen LogP contribution >= 0.6 is 0 Å². The van der Waals surface area contributed by atoms with Gasteiger partial charge in [-0.2, -0.15) is 8.42 Å². The van der Waals surface area contributed by atoms with Crippen molar-refractivity contribution in [3.8, 4) is 0 Å². The van der Waals surface area contributed by atoms with Crippen LogP contribution in [0.4, 0.5) is 11.4 Å². The highest BCUT2D eigenvalue weighted by Crippen LogP contribution is 2.35. The highest BCUT2D eigenvalue weighted by molar-refractivity contribution is 7.91. The number of carbonyl (C=O) groups excluding carboxylic acids is 1. The van der Waals surface area contributed by atoms with Gasteiger partial charge < -0.3 is 4.90 Å². The SMILES string of the molecule is Cc1cc(C)c(N2CCCC2)c(C)c1NS(=O)(=O)NC(=O)Cc1ccccc1. The van der Waals surface area contributed by atoms with E-state index in [4.69, 9.17) is 0 Å². The smallest absolute Gasteiger partial charge is 0.323 e. The first-order valence-electron chi connectivity index (χ1n) is 9.50. The lowest BCUT2D eigenvalue weighted by Gasteiger charge is -2.26. The van der Waals surface area contributed by atoms with Crippen LogP contribution in [0.1, 0.15) is 35.1 Å². The Morgan fingerprint density at radius 2 is 1.68 bits per heavy atom. The van der Waals surface area contributed by atoms with Gasteiger partial charge in [0.15, 0.2) is 0 Å². The second kappa shape index (κ2) is 8.22. The summed E-state index contributed by atoms with van der Waals surface area (Å²) in [6.45, 7) is 7.80. The summed E-state index contributed by atoms with van der Waals surface area (Å²) in [6, 6.07) is 11.0. The van der Waals surface area contributed by atoms with Crippen LogP contribution in [0.15, 0.2) is 36.4 Å². The van der Waals surface area contributed by atoms with Gasteiger partial charge in [-0.15, -0.1) is 0 Å². The number of nitrogens with zero attached hydrogens (tertiary/aromatic N) is 1. The molecule has 0 spiro atoms. The lowest BCUT2D eigenvalue weighted by molar-refractivity contribution is -0.118. The van der Waals surface area contributed by atoms with Gasteiger partial charge in [-0.25, -0.2) is 4.72 Å². The number of amides is 1. The predicted molar refractivity (Wildman–Crippen MR) is 113 cm³/mol. The van der Waals surface area contributed by atoms with Crippen LogP contribution < -0.4 is 14.3 Å². The van der Waals surface area contributed by atoms with Crippen molar-refractivity contribution in [1.29, 1.82) is 0 Å². The average Bonchev–Trinajstić information content (AvgIpc) is 3.13. The minimum atomic E-state index is -4.02. The quantitative estimate of drug-likeness (QED) is 0.779. The summed E-state index contributed by atoms with van der Waals surface area (Å²) in [6.07, 6.45) is 2.29. The van der Waals surface area contributed by atoms with E-state index in [1.807, 2.05) is 45.0 Å². The van der Waals surface area contributed by atoms with Gasteiger partial charge in [0.1, 0.15) is 0 Å². The van der Waals surface area contributed by atoms with Crippen LogP contribution in [0.2, 0.25) is 0 Å². The summed E-state index contributed by atoms with van der Waals surface area (Å²) < 4.78 is 29.8. The number of nitrogens with one attached hydrogen (secondary N) is 2. The molecular formula is C21H27N3O3S. The Labute approximate surface area is 167 Å². The van der Waals surface area contributed by atoms with E-state index in [0.717, 1.165) is 53.9 Å². The molecule has 3 rings (SSSR count). The monoisotopic (exact) mass is 401 g/mol. The minimum Gasteiger partial charge on any atom is -0.371 e. The highest BCUT2D eigenvalue weighted by Gasteiger charge is 2.22. The molecule has 150 valence electrons. The number of anilines is 2. The Morgan fingerprint density at radius 3 is 2.32 bits per heavy atom. The van der Waals surface area contributed by atoms with Gasteiger partial charge in [-0.3, -0.25) is 9.52 Å². The first-order chi connectivity index (χ1) is 13.3. The number of aryl methyl sites for hydroxylation is 2. The van der Waals surface area contributed by atoms with Crippen LogP contribution in [0, 0.1) is 20.8 Å². The normalized spacial score (nSPS) is 14.2. The summed E-state index contributed by atoms with van der Waals surface area (Å²) in [5.74, 6) is -0.569. The van der Waals surface area contributed by atoms with Gasteiger partial charge in [0.05, 0.1) is 12.1 Å². The van der Waals surface area contributed by atoms with Crippen molar-refractivity contribution >= 4 is 27.5 Å². The van der Waals surface area contributed by atoms with E-state index in [1.54, 1.807) is 12.1 Å². The fraction of sp³-hybridized carbons (Fsp3) is 0.381. The Kier molecular flexibility index (Phi) is 5.93. The summed E-state index contributed by atoms with van der Waals surface area (Å²) in [5, 5.41) is 0. The van der Waals surface area contributed by atoms with Gasteiger partial charge in [0.2, 0.25) is 5.91 Å². The Morgan fingerprint density at radius 1 is 1.04 bits per heavy atom. The molecule has 7 heteroatoms. The van der Waals surface area contributed by atoms with Crippen molar-refractivity contribution in [2.45, 2.75) is 40.0 Å². The molecule has 0 aromatic heterocycles. The molecule has 0 unspecified atom stereocenters. The summed E-state index contributed by atoms with van der Waals surface area (Å²) in [7, 11) is -4.02. The third kappa shape index (κ3) is 4.65. The maximum atomic E-state index is 12.6. The van der Waals surface area contributed by atoms with Crippen molar-refractivity contribution < 1.29 is 13.2 Å². The van der Waals surface area contributed by atoms with Crippen LogP contribution in [0.5, 0.6) is 0 Å². The number of benzene rings is 2. The van der Waals surface area contributed by atoms with E-state index >= 15 is 0 Å². The van der Waals surface area contributed by atoms with Crippen LogP contribution in [0.25, 0.3) is 0 Å². The molecule has 0 radical (unpaired) electrons. The molecule has 1 aliphatic rings. The molecule has 6 nitrogen and oxygen atoms in total. The first kappa shape index (κ1) is 20.2. The number of hydrogen-bond acceptors (Lipinski definition) is 4. The van der Waals surface area contributed by atoms with Crippen molar-refractivity contribution in [2.75, 3.05) is 22.7 Å². The summed E-state index contributed by atoms with van der Waals surface area (Å²) in [5.41, 5.74) is 5.23. The molecule has 1 amide bonds. The zero-order chi connectivity index (χ0) is 20.3. The molecule has 0 bridgehead atoms. The Bertz CT molecular complexity index is 966. The largest absolute Gasteiger partial charge is 0.371 e. The molecule has 28 heavy (non-hydrogen) atoms. The Balaban J connectivity index is 1.79. The molecule has 2 aromatic carbocycles. The van der Waals surface area contributed by atoms with E-state index in [0.29, 0.717) is 5.69 Å². The van der Waals surface area contributed by atoms with Gasteiger partial charge >= 0.3 is 10.2 Å². The molecule has 1 heterocycles. The molecule has 0 atom stereocenters. The third-order valence-corrected chi connectivity index (χ3v) is 6.01. The molecule has 0 aliphatic carbocycles. The lowest BCUT2D eigenvalue weighted by Crippen LogP contribution is -2.36. The van der Waals surface area contributed by atoms with E-state index in [1.165, 1.54) is 0 Å². The molecule has 1 fully saturated rings. The van der Waals surface area contributed by atoms with Crippen LogP contribution in [0.3, 0.4) is 0 Å². The molecule has 2 aromatic rings. The topological polar surface area (TPSA) is 78.5 Å². The first-order valence-corrected chi connectivity index (χ1v) is 11.0. The second-order valence-electron chi connectivity index (χ2n) is 7.35. The highest BCUT2D eigenvalue weighted by atomic mass is 32.2. The predicted octanol–water partition coefficient (Wildman–Crippen LogP) is 3.23. The van der Waals surface area contributed by atoms with Crippen LogP contribution in [-0.2, 0) is 21.4 Å². The van der Waals surface area contributed by atoms with Crippen molar-refractivity contribution in [3.63, 3.8) is 0 Å². The van der Waals surface area contributed by atoms with Crippen molar-refractivity contribution in [1.82, 2.24) is 4.72 Å². The fourth-order valence-corrected chi connectivity index (χ4v) is 4.89. The summed E-state index contributed by atoms with van der Waals surface area (Å²) >= 11 is 0. The van der Waals surface area contributed by atoms with E-state index < -0.39 is 16.1 Å². The number of rotatable bonds is 6. The summed E-state index contributed by atoms with van der Waals surface area (Å²) in [4.78, 5) is 14.5. The van der Waals surface area contributed by atoms with Gasteiger partial charge in [-0.05, 0) is 55.9 Å². The maximum Gasteiger partial charge on any atom is 0.323 e. The average molecular weight is 402 g/mol. The van der Waals surface area contributed by atoms with Gasteiger partial charge in [-0.1, -0.05) is 36.4 Å². The fourth-order valence-electron chi connectivity index (χ4n) is 3.89. The zero-order valence-electron chi connectivity index (χ0n) is 16.6. The third-order valence-electron chi connectivity index (χ3n) is 5.05. The van der Waals surface area contributed by atoms with E-state index in [-0.39, 0.29) is 6.42 Å². The number of hydrogen-bond donors (Lipinski definition) is 2. The second-order valence-corrected chi connectivity index (χ2v) is 8.76. The lowest BCUT2D eigenvalue weighted by atomic mass is 10.0. The molecule has 2 N–H and O–H groups in total. The molecular weight excluding hydrogens is 374 g/mol. The minimum absolute atomic E-state index is 0.00659. The zero-order valence-corrected chi connectivity index (χ0v) is 17.4. The van der Waals surface area contributed by atoms with Crippen molar-refractivity contribution in [2.24, 2.45) is 0 Å². The van der Waals surface area contributed by atoms with Crippen molar-refractivity contribution in [3.05, 3.63) is 58.7 Å². The standard InChI is InChI=1S/C21H27N3O3S/c1-15-13-16(2)21(24-11-7-8-12-24)17(3)20(15)23-28(26,27)22-19(25)14-18-9-5-4-6-10-18/h4-6,9-10,13,23H,7-8,11-12,14H2,1-3H3,(H,22,25). The number of carbonyl (C=O) groups is 1. The van der Waals surface area contributed by atoms with E-state index in [2.05, 4.69) is 14.3 Å². The van der Waals surface area contributed by atoms with Gasteiger partial charge in [0.25, 0.3) is 0 Å². The van der Waals surface area contributed by atoms with Crippen LogP contribution in [-0.4, -0.2) is 27.4 Å². The Hall–Kier alpha value is -2.54. The van der Waals surface area contributed by atoms with Gasteiger partial charge in [0, 0.05) is 18.8 Å². The maximum absolute atomic E-state index is 12.6. The molecule has 1 aliphatic heterocycles.